The van der Waals surface area contributed by atoms with Gasteiger partial charge in [-0.15, -0.1) is 0 Å². The second-order valence-electron chi connectivity index (χ2n) is 8.76. The molecule has 5 aromatic carbocycles. The predicted octanol–water partition coefficient (Wildman–Crippen LogP) is 9.45. The van der Waals surface area contributed by atoms with Crippen LogP contribution in [0, 0.1) is 0 Å². The fraction of sp³-hybridized carbons (Fsp3) is 0.0303. The van der Waals surface area contributed by atoms with Crippen LogP contribution in [0.1, 0.15) is 5.56 Å². The van der Waals surface area contributed by atoms with Crippen molar-refractivity contribution in [3.05, 3.63) is 143 Å². The number of aromatic nitrogens is 1. The molecule has 35 heavy (non-hydrogen) atoms. The molecule has 1 nitrogen and oxygen atoms in total. The van der Waals surface area contributed by atoms with Crippen LogP contribution in [0.15, 0.2) is 138 Å². The zero-order chi connectivity index (χ0) is 23.6. The van der Waals surface area contributed by atoms with E-state index in [4.69, 9.17) is 0 Å². The highest BCUT2D eigenvalue weighted by atomic mass is 79.9. The third-order valence-electron chi connectivity index (χ3n) is 6.58. The van der Waals surface area contributed by atoms with Gasteiger partial charge >= 0.3 is 0 Å². The molecule has 0 amide bonds. The van der Waals surface area contributed by atoms with Crippen molar-refractivity contribution in [3.63, 3.8) is 0 Å². The molecule has 0 unspecified atom stereocenters. The predicted molar refractivity (Wildman–Crippen MR) is 151 cm³/mol. The van der Waals surface area contributed by atoms with E-state index in [1.165, 1.54) is 50.0 Å². The van der Waals surface area contributed by atoms with Gasteiger partial charge in [0, 0.05) is 27.6 Å². The maximum atomic E-state index is 3.83. The third kappa shape index (κ3) is 4.22. The minimum atomic E-state index is 0.771. The van der Waals surface area contributed by atoms with Gasteiger partial charge in [0.15, 0.2) is 0 Å². The van der Waals surface area contributed by atoms with Crippen molar-refractivity contribution >= 4 is 26.8 Å². The van der Waals surface area contributed by atoms with Gasteiger partial charge in [0.05, 0.1) is 0 Å². The number of hydrogen-bond donors (Lipinski definition) is 0. The number of hydrogen-bond acceptors (Lipinski definition) is 0. The van der Waals surface area contributed by atoms with E-state index in [1.807, 2.05) is 0 Å². The highest BCUT2D eigenvalue weighted by molar-refractivity contribution is 9.10. The molecule has 1 heterocycles. The molecule has 0 radical (unpaired) electrons. The maximum absolute atomic E-state index is 3.83. The van der Waals surface area contributed by atoms with E-state index in [2.05, 4.69) is 154 Å². The van der Waals surface area contributed by atoms with E-state index in [0.29, 0.717) is 0 Å². The van der Waals surface area contributed by atoms with Gasteiger partial charge in [0.1, 0.15) is 0 Å². The summed E-state index contributed by atoms with van der Waals surface area (Å²) in [6.07, 6.45) is 0. The monoisotopic (exact) mass is 513 g/mol. The summed E-state index contributed by atoms with van der Waals surface area (Å²) in [4.78, 5) is 0. The highest BCUT2D eigenvalue weighted by Crippen LogP contribution is 2.36. The van der Waals surface area contributed by atoms with Crippen LogP contribution >= 0.6 is 15.9 Å². The van der Waals surface area contributed by atoms with Crippen molar-refractivity contribution in [2.75, 3.05) is 0 Å². The van der Waals surface area contributed by atoms with E-state index in [-0.39, 0.29) is 0 Å². The molecule has 168 valence electrons. The van der Waals surface area contributed by atoms with Gasteiger partial charge in [-0.05, 0) is 57.6 Å². The third-order valence-corrected chi connectivity index (χ3v) is 7.36. The molecule has 0 saturated carbocycles. The van der Waals surface area contributed by atoms with Crippen molar-refractivity contribution in [1.29, 1.82) is 0 Å². The molecule has 6 rings (SSSR count). The average Bonchev–Trinajstić information content (AvgIpc) is 3.30. The molecule has 0 fully saturated rings. The second kappa shape index (κ2) is 9.40. The standard InChI is InChI=1S/C33H24BrN/c34-31-20-19-27(24-11-4-1-5-12-24)21-28(31)23-35-32-18-10-17-29(25-13-6-2-7-14-25)30(32)22-33(35)26-15-8-3-9-16-26/h1-22H,23H2. The zero-order valence-electron chi connectivity index (χ0n) is 19.2. The van der Waals surface area contributed by atoms with Gasteiger partial charge in [-0.3, -0.25) is 0 Å². The topological polar surface area (TPSA) is 4.93 Å². The number of halogens is 1. The van der Waals surface area contributed by atoms with Crippen LogP contribution in [0.3, 0.4) is 0 Å². The lowest BCUT2D eigenvalue weighted by Gasteiger charge is -2.14. The second-order valence-corrected chi connectivity index (χ2v) is 9.61. The van der Waals surface area contributed by atoms with Crippen LogP contribution in [0.25, 0.3) is 44.4 Å². The lowest BCUT2D eigenvalue weighted by atomic mass is 10.0. The molecule has 0 saturated heterocycles. The molecule has 0 aliphatic heterocycles. The smallest absolute Gasteiger partial charge is 0.0494 e. The van der Waals surface area contributed by atoms with Crippen molar-refractivity contribution < 1.29 is 0 Å². The lowest BCUT2D eigenvalue weighted by Crippen LogP contribution is -2.03. The van der Waals surface area contributed by atoms with E-state index >= 15 is 0 Å². The van der Waals surface area contributed by atoms with Gasteiger partial charge in [0.2, 0.25) is 0 Å². The van der Waals surface area contributed by atoms with Gasteiger partial charge < -0.3 is 4.57 Å². The molecule has 1 aromatic heterocycles. The fourth-order valence-corrected chi connectivity index (χ4v) is 5.22. The first-order valence-electron chi connectivity index (χ1n) is 11.8. The SMILES string of the molecule is Brc1ccc(-c2ccccc2)cc1Cn1c(-c2ccccc2)cc2c(-c3ccccc3)cccc21. The fourth-order valence-electron chi connectivity index (χ4n) is 4.85. The summed E-state index contributed by atoms with van der Waals surface area (Å²) in [5.41, 5.74) is 9.89. The summed E-state index contributed by atoms with van der Waals surface area (Å²) in [5, 5.41) is 1.27. The van der Waals surface area contributed by atoms with E-state index in [1.54, 1.807) is 0 Å². The Kier molecular flexibility index (Phi) is 5.81. The normalized spacial score (nSPS) is 11.1. The van der Waals surface area contributed by atoms with Crippen molar-refractivity contribution in [2.45, 2.75) is 6.54 Å². The Morgan fingerprint density at radius 1 is 0.514 bits per heavy atom. The van der Waals surface area contributed by atoms with Gasteiger partial charge in [-0.1, -0.05) is 125 Å². The van der Waals surface area contributed by atoms with E-state index in [9.17, 15) is 0 Å². The molecule has 0 aliphatic rings. The number of rotatable bonds is 5. The number of benzene rings is 5. The first kappa shape index (κ1) is 21.6. The molecule has 6 aromatic rings. The van der Waals surface area contributed by atoms with Crippen LogP contribution in [0.5, 0.6) is 0 Å². The quantitative estimate of drug-likeness (QED) is 0.216. The van der Waals surface area contributed by atoms with Gasteiger partial charge in [-0.2, -0.15) is 0 Å². The Morgan fingerprint density at radius 3 is 1.83 bits per heavy atom. The summed E-state index contributed by atoms with van der Waals surface area (Å²) >= 11 is 3.83. The minimum Gasteiger partial charge on any atom is -0.336 e. The zero-order valence-corrected chi connectivity index (χ0v) is 20.8. The molecule has 0 N–H and O–H groups in total. The summed E-state index contributed by atoms with van der Waals surface area (Å²) in [7, 11) is 0. The van der Waals surface area contributed by atoms with Crippen LogP contribution in [0.2, 0.25) is 0 Å². The molecule has 0 spiro atoms. The summed E-state index contributed by atoms with van der Waals surface area (Å²) in [5.74, 6) is 0. The van der Waals surface area contributed by atoms with Crippen LogP contribution in [-0.4, -0.2) is 4.57 Å². The number of nitrogens with zero attached hydrogens (tertiary/aromatic N) is 1. The molecule has 2 heteroatoms. The van der Waals surface area contributed by atoms with Crippen molar-refractivity contribution in [1.82, 2.24) is 4.57 Å². The summed E-state index contributed by atoms with van der Waals surface area (Å²) in [6.45, 7) is 0.771. The Labute approximate surface area is 214 Å². The van der Waals surface area contributed by atoms with Crippen molar-refractivity contribution in [2.24, 2.45) is 0 Å². The van der Waals surface area contributed by atoms with Crippen LogP contribution in [-0.2, 0) is 6.54 Å². The Bertz CT molecular complexity index is 1600. The molecular formula is C33H24BrN. The van der Waals surface area contributed by atoms with Crippen LogP contribution in [0.4, 0.5) is 0 Å². The number of fused-ring (bicyclic) bond motifs is 1. The Hall–Kier alpha value is -3.88. The summed E-state index contributed by atoms with van der Waals surface area (Å²) < 4.78 is 3.57. The first-order valence-corrected chi connectivity index (χ1v) is 12.6. The molecular weight excluding hydrogens is 490 g/mol. The molecule has 0 bridgehead atoms. The molecule has 0 atom stereocenters. The average molecular weight is 514 g/mol. The Morgan fingerprint density at radius 2 is 1.14 bits per heavy atom. The van der Waals surface area contributed by atoms with E-state index < -0.39 is 0 Å². The van der Waals surface area contributed by atoms with Crippen molar-refractivity contribution in [3.8, 4) is 33.5 Å². The van der Waals surface area contributed by atoms with E-state index in [0.717, 1.165) is 11.0 Å². The van der Waals surface area contributed by atoms with Gasteiger partial charge in [-0.25, -0.2) is 0 Å². The molecule has 0 aliphatic carbocycles. The Balaban J connectivity index is 1.54. The largest absolute Gasteiger partial charge is 0.336 e. The minimum absolute atomic E-state index is 0.771. The van der Waals surface area contributed by atoms with Crippen LogP contribution < -0.4 is 0 Å². The lowest BCUT2D eigenvalue weighted by molar-refractivity contribution is 0.841. The van der Waals surface area contributed by atoms with Gasteiger partial charge in [0.25, 0.3) is 0 Å². The first-order chi connectivity index (χ1) is 17.3. The summed E-state index contributed by atoms with van der Waals surface area (Å²) in [6, 6.07) is 47.6. The highest BCUT2D eigenvalue weighted by Gasteiger charge is 2.16. The maximum Gasteiger partial charge on any atom is 0.0494 e.